The fraction of sp³-hybridized carbons (Fsp3) is 0.278. The number of nitrogen functional groups attached to an aromatic ring is 1. The molecule has 0 atom stereocenters. The Morgan fingerprint density at radius 3 is 2.29 bits per heavy atom. The second-order valence-electron chi connectivity index (χ2n) is 5.74. The van der Waals surface area contributed by atoms with Crippen LogP contribution in [0.25, 0.3) is 0 Å². The summed E-state index contributed by atoms with van der Waals surface area (Å²) < 4.78 is 5.36. The van der Waals surface area contributed by atoms with E-state index < -0.39 is 5.97 Å². The van der Waals surface area contributed by atoms with Gasteiger partial charge in [0.2, 0.25) is 0 Å². The van der Waals surface area contributed by atoms with Crippen molar-refractivity contribution in [1.29, 1.82) is 0 Å². The topological polar surface area (TPSA) is 52.3 Å². The third-order valence-electron chi connectivity index (χ3n) is 3.91. The minimum Gasteiger partial charge on any atom is -0.423 e. The van der Waals surface area contributed by atoms with Gasteiger partial charge in [-0.25, -0.2) is 4.79 Å². The van der Waals surface area contributed by atoms with Gasteiger partial charge in [0.1, 0.15) is 5.75 Å². The van der Waals surface area contributed by atoms with E-state index in [4.69, 9.17) is 10.5 Å². The van der Waals surface area contributed by atoms with Gasteiger partial charge in [-0.15, -0.1) is 0 Å². The summed E-state index contributed by atoms with van der Waals surface area (Å²) in [7, 11) is 0. The van der Waals surface area contributed by atoms with Gasteiger partial charge in [0.15, 0.2) is 0 Å². The lowest BCUT2D eigenvalue weighted by Crippen LogP contribution is -2.15. The molecule has 0 saturated carbocycles. The molecule has 2 N–H and O–H groups in total. The zero-order valence-electron chi connectivity index (χ0n) is 12.7. The first-order valence-electron chi connectivity index (χ1n) is 7.11. The van der Waals surface area contributed by atoms with E-state index in [1.165, 1.54) is 5.56 Å². The molecule has 0 aliphatic rings. The first kappa shape index (κ1) is 15.1. The Morgan fingerprint density at radius 2 is 1.71 bits per heavy atom. The number of nitrogens with two attached hydrogens (primary N) is 1. The van der Waals surface area contributed by atoms with Crippen LogP contribution in [0, 0.1) is 0 Å². The van der Waals surface area contributed by atoms with Gasteiger partial charge in [0.25, 0.3) is 0 Å². The standard InChI is InChI=1S/C18H21NO2/c1-4-18(2,3)13-9-11-14(12-10-13)21-17(20)15-7-5-6-8-16(15)19/h5-12H,4,19H2,1-3H3. The molecule has 0 unspecified atom stereocenters. The van der Waals surface area contributed by atoms with Crippen LogP contribution in [0.3, 0.4) is 0 Å². The van der Waals surface area contributed by atoms with Crippen LogP contribution in [0.1, 0.15) is 43.1 Å². The number of benzene rings is 2. The van der Waals surface area contributed by atoms with E-state index in [0.29, 0.717) is 17.0 Å². The average molecular weight is 283 g/mol. The lowest BCUT2D eigenvalue weighted by Gasteiger charge is -2.23. The number of hydrogen-bond donors (Lipinski definition) is 1. The van der Waals surface area contributed by atoms with Crippen LogP contribution >= 0.6 is 0 Å². The highest BCUT2D eigenvalue weighted by molar-refractivity contribution is 5.96. The Bertz CT molecular complexity index is 630. The highest BCUT2D eigenvalue weighted by atomic mass is 16.5. The second kappa shape index (κ2) is 6.00. The van der Waals surface area contributed by atoms with Crippen molar-refractivity contribution >= 4 is 11.7 Å². The van der Waals surface area contributed by atoms with E-state index >= 15 is 0 Å². The van der Waals surface area contributed by atoms with Gasteiger partial charge in [-0.05, 0) is 41.7 Å². The van der Waals surface area contributed by atoms with Crippen molar-refractivity contribution in [3.63, 3.8) is 0 Å². The van der Waals surface area contributed by atoms with Gasteiger partial charge in [-0.1, -0.05) is 45.0 Å². The lowest BCUT2D eigenvalue weighted by molar-refractivity contribution is 0.0736. The first-order chi connectivity index (χ1) is 9.94. The predicted octanol–water partition coefficient (Wildman–Crippen LogP) is 4.18. The van der Waals surface area contributed by atoms with Crippen molar-refractivity contribution in [2.24, 2.45) is 0 Å². The fourth-order valence-electron chi connectivity index (χ4n) is 2.02. The molecule has 0 aromatic heterocycles. The zero-order valence-corrected chi connectivity index (χ0v) is 12.7. The zero-order chi connectivity index (χ0) is 15.5. The Hall–Kier alpha value is -2.29. The molecule has 2 rings (SSSR count). The number of ether oxygens (including phenoxy) is 1. The quantitative estimate of drug-likeness (QED) is 0.520. The monoisotopic (exact) mass is 283 g/mol. The summed E-state index contributed by atoms with van der Waals surface area (Å²) >= 11 is 0. The number of esters is 1. The van der Waals surface area contributed by atoms with E-state index in [9.17, 15) is 4.79 Å². The van der Waals surface area contributed by atoms with Crippen LogP contribution in [0.4, 0.5) is 5.69 Å². The molecule has 0 fully saturated rings. The Morgan fingerprint density at radius 1 is 1.10 bits per heavy atom. The number of anilines is 1. The summed E-state index contributed by atoms with van der Waals surface area (Å²) in [6, 6.07) is 14.5. The molecule has 0 amide bonds. The van der Waals surface area contributed by atoms with Crippen molar-refractivity contribution in [2.75, 3.05) is 5.73 Å². The third-order valence-corrected chi connectivity index (χ3v) is 3.91. The van der Waals surface area contributed by atoms with Crippen molar-refractivity contribution in [2.45, 2.75) is 32.6 Å². The van der Waals surface area contributed by atoms with Gasteiger partial charge in [0, 0.05) is 5.69 Å². The maximum atomic E-state index is 12.1. The molecule has 110 valence electrons. The molecule has 0 saturated heterocycles. The SMILES string of the molecule is CCC(C)(C)c1ccc(OC(=O)c2ccccc2N)cc1. The van der Waals surface area contributed by atoms with Gasteiger partial charge in [-0.3, -0.25) is 0 Å². The molecule has 0 radical (unpaired) electrons. The van der Waals surface area contributed by atoms with Crippen LogP contribution in [-0.2, 0) is 5.41 Å². The summed E-state index contributed by atoms with van der Waals surface area (Å²) in [4.78, 5) is 12.1. The first-order valence-corrected chi connectivity index (χ1v) is 7.11. The van der Waals surface area contributed by atoms with E-state index in [1.807, 2.05) is 24.3 Å². The van der Waals surface area contributed by atoms with Gasteiger partial charge >= 0.3 is 5.97 Å². The highest BCUT2D eigenvalue weighted by Crippen LogP contribution is 2.28. The second-order valence-corrected chi connectivity index (χ2v) is 5.74. The smallest absolute Gasteiger partial charge is 0.345 e. The molecule has 0 aliphatic carbocycles. The Kier molecular flexibility index (Phi) is 4.32. The number of hydrogen-bond acceptors (Lipinski definition) is 3. The van der Waals surface area contributed by atoms with E-state index in [1.54, 1.807) is 24.3 Å². The average Bonchev–Trinajstić information content (AvgIpc) is 2.48. The number of para-hydroxylation sites is 1. The molecule has 3 heteroatoms. The van der Waals surface area contributed by atoms with E-state index in [2.05, 4.69) is 20.8 Å². The van der Waals surface area contributed by atoms with Gasteiger partial charge < -0.3 is 10.5 Å². The van der Waals surface area contributed by atoms with Crippen LogP contribution in [-0.4, -0.2) is 5.97 Å². The van der Waals surface area contributed by atoms with E-state index in [-0.39, 0.29) is 5.41 Å². The maximum absolute atomic E-state index is 12.1. The summed E-state index contributed by atoms with van der Waals surface area (Å²) in [6.45, 7) is 6.55. The van der Waals surface area contributed by atoms with E-state index in [0.717, 1.165) is 6.42 Å². The number of rotatable bonds is 4. The van der Waals surface area contributed by atoms with Crippen molar-refractivity contribution in [3.8, 4) is 5.75 Å². The lowest BCUT2D eigenvalue weighted by atomic mass is 9.82. The number of carbonyl (C=O) groups excluding carboxylic acids is 1. The Labute approximate surface area is 125 Å². The number of carbonyl (C=O) groups is 1. The molecule has 21 heavy (non-hydrogen) atoms. The Balaban J connectivity index is 2.14. The summed E-state index contributed by atoms with van der Waals surface area (Å²) in [5, 5.41) is 0. The predicted molar refractivity (Wildman–Crippen MR) is 85.6 cm³/mol. The molecule has 3 nitrogen and oxygen atoms in total. The largest absolute Gasteiger partial charge is 0.423 e. The van der Waals surface area contributed by atoms with Crippen molar-refractivity contribution in [1.82, 2.24) is 0 Å². The maximum Gasteiger partial charge on any atom is 0.345 e. The molecule has 0 aliphatic heterocycles. The van der Waals surface area contributed by atoms with Gasteiger partial charge in [0.05, 0.1) is 5.56 Å². The van der Waals surface area contributed by atoms with Crippen LogP contribution in [0.2, 0.25) is 0 Å². The minimum absolute atomic E-state index is 0.117. The molecular weight excluding hydrogens is 262 g/mol. The van der Waals surface area contributed by atoms with Crippen LogP contribution < -0.4 is 10.5 Å². The molecule has 2 aromatic carbocycles. The summed E-state index contributed by atoms with van der Waals surface area (Å²) in [5.74, 6) is 0.0921. The summed E-state index contributed by atoms with van der Waals surface area (Å²) in [6.07, 6.45) is 1.05. The van der Waals surface area contributed by atoms with Gasteiger partial charge in [-0.2, -0.15) is 0 Å². The van der Waals surface area contributed by atoms with Crippen LogP contribution in [0.5, 0.6) is 5.75 Å². The highest BCUT2D eigenvalue weighted by Gasteiger charge is 2.18. The molecular formula is C18H21NO2. The summed E-state index contributed by atoms with van der Waals surface area (Å²) in [5.41, 5.74) is 7.92. The van der Waals surface area contributed by atoms with Crippen molar-refractivity contribution in [3.05, 3.63) is 59.7 Å². The molecule has 2 aromatic rings. The normalized spacial score (nSPS) is 11.2. The van der Waals surface area contributed by atoms with Crippen molar-refractivity contribution < 1.29 is 9.53 Å². The molecule has 0 heterocycles. The fourth-order valence-corrected chi connectivity index (χ4v) is 2.02. The molecule has 0 spiro atoms. The van der Waals surface area contributed by atoms with Crippen LogP contribution in [0.15, 0.2) is 48.5 Å². The molecule has 0 bridgehead atoms. The minimum atomic E-state index is -0.435. The third kappa shape index (κ3) is 3.43.